The maximum atomic E-state index is 12.7. The molecule has 9 heteroatoms. The van der Waals surface area contributed by atoms with Gasteiger partial charge in [0.1, 0.15) is 18.0 Å². The van der Waals surface area contributed by atoms with E-state index in [9.17, 15) is 14.9 Å². The fraction of sp³-hybridized carbons (Fsp3) is 0.200. The van der Waals surface area contributed by atoms with Gasteiger partial charge in [-0.25, -0.2) is 4.98 Å². The maximum absolute atomic E-state index is 12.7. The van der Waals surface area contributed by atoms with Gasteiger partial charge in [0.05, 0.1) is 30.2 Å². The minimum atomic E-state index is -0.679. The zero-order valence-electron chi connectivity index (χ0n) is 15.9. The van der Waals surface area contributed by atoms with Crippen molar-refractivity contribution >= 4 is 28.3 Å². The Morgan fingerprint density at radius 3 is 2.62 bits per heavy atom. The molecule has 0 bridgehead atoms. The Kier molecular flexibility index (Phi) is 6.20. The predicted octanol–water partition coefficient (Wildman–Crippen LogP) is 3.43. The van der Waals surface area contributed by atoms with E-state index in [0.29, 0.717) is 12.1 Å². The third-order valence-corrected chi connectivity index (χ3v) is 4.11. The number of nitrogens with zero attached hydrogens (tertiary/aromatic N) is 2. The lowest BCUT2D eigenvalue weighted by atomic mass is 10.1. The molecule has 150 valence electrons. The molecule has 1 N–H and O–H groups in total. The van der Waals surface area contributed by atoms with Gasteiger partial charge in [-0.3, -0.25) is 14.9 Å². The molecule has 0 unspecified atom stereocenters. The second-order valence-electron chi connectivity index (χ2n) is 5.96. The number of benzene rings is 2. The lowest BCUT2D eigenvalue weighted by Crippen LogP contribution is -2.15. The van der Waals surface area contributed by atoms with Crippen molar-refractivity contribution in [3.8, 4) is 11.5 Å². The second kappa shape index (κ2) is 8.98. The summed E-state index contributed by atoms with van der Waals surface area (Å²) in [7, 11) is 2.90. The maximum Gasteiger partial charge on any atom is 0.286 e. The number of nitro benzene ring substituents is 1. The predicted molar refractivity (Wildman–Crippen MR) is 107 cm³/mol. The van der Waals surface area contributed by atoms with E-state index >= 15 is 0 Å². The molecule has 29 heavy (non-hydrogen) atoms. The highest BCUT2D eigenvalue weighted by molar-refractivity contribution is 6.07. The first-order chi connectivity index (χ1) is 14.0. The van der Waals surface area contributed by atoms with Crippen LogP contribution in [-0.2, 0) is 4.74 Å². The van der Waals surface area contributed by atoms with Gasteiger partial charge in [-0.05, 0) is 18.2 Å². The standard InChI is InChI=1S/C20H19N3O6/c1-27-9-10-29-18-12-16(23(25)26)14(11-17(18)28-2)20(24)22-19-8-7-13-5-3-4-6-15(13)21-19/h3-8,11-12H,9-10H2,1-2H3,(H,21,22,24). The summed E-state index contributed by atoms with van der Waals surface area (Å²) in [5, 5.41) is 15.0. The molecule has 0 atom stereocenters. The van der Waals surface area contributed by atoms with Crippen molar-refractivity contribution in [1.29, 1.82) is 0 Å². The number of anilines is 1. The second-order valence-corrected chi connectivity index (χ2v) is 5.96. The van der Waals surface area contributed by atoms with Gasteiger partial charge in [0.25, 0.3) is 11.6 Å². The van der Waals surface area contributed by atoms with E-state index < -0.39 is 16.5 Å². The summed E-state index contributed by atoms with van der Waals surface area (Å²) in [5.41, 5.74) is 0.122. The van der Waals surface area contributed by atoms with E-state index in [0.717, 1.165) is 11.5 Å². The summed E-state index contributed by atoms with van der Waals surface area (Å²) in [6, 6.07) is 13.3. The molecule has 3 rings (SSSR count). The fourth-order valence-electron chi connectivity index (χ4n) is 2.71. The van der Waals surface area contributed by atoms with Crippen molar-refractivity contribution in [2.24, 2.45) is 0 Å². The molecule has 0 radical (unpaired) electrons. The van der Waals surface area contributed by atoms with Crippen LogP contribution in [0.15, 0.2) is 48.5 Å². The summed E-state index contributed by atoms with van der Waals surface area (Å²) in [6.45, 7) is 0.476. The van der Waals surface area contributed by atoms with E-state index in [1.165, 1.54) is 20.3 Å². The van der Waals surface area contributed by atoms with Crippen molar-refractivity contribution in [2.75, 3.05) is 32.8 Å². The topological polar surface area (TPSA) is 113 Å². The number of amides is 1. The smallest absolute Gasteiger partial charge is 0.286 e. The molecule has 0 spiro atoms. The molecular weight excluding hydrogens is 378 g/mol. The molecule has 9 nitrogen and oxygen atoms in total. The normalized spacial score (nSPS) is 10.6. The Morgan fingerprint density at radius 2 is 1.90 bits per heavy atom. The summed E-state index contributed by atoms with van der Waals surface area (Å²) in [4.78, 5) is 28.0. The number of carbonyl (C=O) groups is 1. The van der Waals surface area contributed by atoms with Crippen LogP contribution in [-0.4, -0.2) is 43.2 Å². The fourth-order valence-corrected chi connectivity index (χ4v) is 2.71. The van der Waals surface area contributed by atoms with E-state index in [4.69, 9.17) is 14.2 Å². The highest BCUT2D eigenvalue weighted by Gasteiger charge is 2.25. The van der Waals surface area contributed by atoms with Crippen LogP contribution in [0.2, 0.25) is 0 Å². The Bertz CT molecular complexity index is 1050. The van der Waals surface area contributed by atoms with Gasteiger partial charge in [0, 0.05) is 18.6 Å². The molecule has 0 aliphatic heterocycles. The van der Waals surface area contributed by atoms with E-state index in [1.807, 2.05) is 24.3 Å². The summed E-state index contributed by atoms with van der Waals surface area (Å²) < 4.78 is 15.6. The molecule has 0 saturated carbocycles. The highest BCUT2D eigenvalue weighted by Crippen LogP contribution is 2.35. The van der Waals surface area contributed by atoms with Gasteiger partial charge in [0.15, 0.2) is 11.5 Å². The zero-order valence-corrected chi connectivity index (χ0v) is 15.9. The summed E-state index contributed by atoms with van der Waals surface area (Å²) >= 11 is 0. The Balaban J connectivity index is 1.92. The molecule has 1 heterocycles. The quantitative estimate of drug-likeness (QED) is 0.352. The number of methoxy groups -OCH3 is 2. The number of carbonyl (C=O) groups excluding carboxylic acids is 1. The number of nitro groups is 1. The van der Waals surface area contributed by atoms with Crippen molar-refractivity contribution in [1.82, 2.24) is 4.98 Å². The number of fused-ring (bicyclic) bond motifs is 1. The molecular formula is C20H19N3O6. The summed E-state index contributed by atoms with van der Waals surface area (Å²) in [5.74, 6) is -0.0523. The third-order valence-electron chi connectivity index (χ3n) is 4.11. The minimum Gasteiger partial charge on any atom is -0.493 e. The zero-order chi connectivity index (χ0) is 20.8. The van der Waals surface area contributed by atoms with Crippen LogP contribution in [0, 0.1) is 10.1 Å². The van der Waals surface area contributed by atoms with Crippen LogP contribution >= 0.6 is 0 Å². The van der Waals surface area contributed by atoms with Crippen LogP contribution in [0.25, 0.3) is 10.9 Å². The molecule has 0 saturated heterocycles. The van der Waals surface area contributed by atoms with Crippen LogP contribution in [0.3, 0.4) is 0 Å². The first kappa shape index (κ1) is 20.0. The van der Waals surface area contributed by atoms with Crippen molar-refractivity contribution in [3.63, 3.8) is 0 Å². The van der Waals surface area contributed by atoms with Gasteiger partial charge in [-0.15, -0.1) is 0 Å². The molecule has 1 aromatic heterocycles. The van der Waals surface area contributed by atoms with E-state index in [1.54, 1.807) is 12.1 Å². The molecule has 2 aromatic carbocycles. The average molecular weight is 397 g/mol. The van der Waals surface area contributed by atoms with Gasteiger partial charge < -0.3 is 19.5 Å². The highest BCUT2D eigenvalue weighted by atomic mass is 16.6. The molecule has 3 aromatic rings. The number of pyridine rings is 1. The van der Waals surface area contributed by atoms with Gasteiger partial charge in [-0.2, -0.15) is 0 Å². The van der Waals surface area contributed by atoms with Gasteiger partial charge in [-0.1, -0.05) is 18.2 Å². The number of rotatable bonds is 8. The number of para-hydroxylation sites is 1. The van der Waals surface area contributed by atoms with Crippen molar-refractivity contribution in [2.45, 2.75) is 0 Å². The van der Waals surface area contributed by atoms with Crippen molar-refractivity contribution < 1.29 is 23.9 Å². The number of nitrogens with one attached hydrogen (secondary N) is 1. The SMILES string of the molecule is COCCOc1cc([N+](=O)[O-])c(C(=O)Nc2ccc3ccccc3n2)cc1OC. The number of aromatic nitrogens is 1. The summed E-state index contributed by atoms with van der Waals surface area (Å²) in [6.07, 6.45) is 0. The monoisotopic (exact) mass is 397 g/mol. The largest absolute Gasteiger partial charge is 0.493 e. The van der Waals surface area contributed by atoms with Crippen LogP contribution in [0.1, 0.15) is 10.4 Å². The van der Waals surface area contributed by atoms with E-state index in [2.05, 4.69) is 10.3 Å². The number of hydrogen-bond acceptors (Lipinski definition) is 7. The molecule has 0 aliphatic rings. The molecule has 0 fully saturated rings. The number of ether oxygens (including phenoxy) is 3. The molecule has 0 aliphatic carbocycles. The van der Waals surface area contributed by atoms with Crippen LogP contribution in [0.5, 0.6) is 11.5 Å². The average Bonchev–Trinajstić information content (AvgIpc) is 2.73. The Labute approximate surface area is 166 Å². The first-order valence-electron chi connectivity index (χ1n) is 8.68. The lowest BCUT2D eigenvalue weighted by molar-refractivity contribution is -0.385. The Morgan fingerprint density at radius 1 is 1.10 bits per heavy atom. The first-order valence-corrected chi connectivity index (χ1v) is 8.68. The van der Waals surface area contributed by atoms with Crippen LogP contribution in [0.4, 0.5) is 11.5 Å². The third kappa shape index (κ3) is 4.58. The minimum absolute atomic E-state index is 0.150. The lowest BCUT2D eigenvalue weighted by Gasteiger charge is -2.13. The Hall–Kier alpha value is -3.72. The van der Waals surface area contributed by atoms with Crippen molar-refractivity contribution in [3.05, 3.63) is 64.2 Å². The van der Waals surface area contributed by atoms with Gasteiger partial charge >= 0.3 is 0 Å². The molecule has 1 amide bonds. The van der Waals surface area contributed by atoms with E-state index in [-0.39, 0.29) is 29.5 Å². The number of hydrogen-bond donors (Lipinski definition) is 1. The van der Waals surface area contributed by atoms with Gasteiger partial charge in [0.2, 0.25) is 0 Å². The van der Waals surface area contributed by atoms with Crippen LogP contribution < -0.4 is 14.8 Å².